The van der Waals surface area contributed by atoms with Crippen molar-refractivity contribution in [1.29, 1.82) is 0 Å². The number of amides is 6. The third-order valence-corrected chi connectivity index (χ3v) is 6.24. The van der Waals surface area contributed by atoms with Gasteiger partial charge in [0.2, 0.25) is 35.4 Å². The Kier molecular flexibility index (Phi) is 16.0. The molecule has 10 N–H and O–H groups in total. The van der Waals surface area contributed by atoms with E-state index in [0.717, 1.165) is 16.8 Å². The highest BCUT2D eigenvalue weighted by molar-refractivity contribution is 5.94. The first-order chi connectivity index (χ1) is 20.7. The van der Waals surface area contributed by atoms with Crippen molar-refractivity contribution in [2.45, 2.75) is 30.6 Å². The number of nitrogens with two attached hydrogens (primary N) is 1. The number of nitrogens with one attached hydrogen (secondary N) is 4. The summed E-state index contributed by atoms with van der Waals surface area (Å²) in [5.41, 5.74) is 5.95. The van der Waals surface area contributed by atoms with Gasteiger partial charge in [-0.05, 0) is 5.56 Å². The van der Waals surface area contributed by atoms with Crippen LogP contribution in [-0.2, 0) is 40.0 Å². The third-order valence-electron chi connectivity index (χ3n) is 6.24. The molecule has 1 rings (SSSR count). The predicted octanol–water partition coefficient (Wildman–Crippen LogP) is -5.89. The smallest absolute Gasteiger partial charge is 0.326 e. The van der Waals surface area contributed by atoms with Gasteiger partial charge >= 0.3 is 5.97 Å². The van der Waals surface area contributed by atoms with Gasteiger partial charge in [-0.1, -0.05) is 30.3 Å². The lowest BCUT2D eigenvalue weighted by atomic mass is 10.1. The van der Waals surface area contributed by atoms with Crippen molar-refractivity contribution in [3.05, 3.63) is 35.9 Å². The molecule has 0 aliphatic carbocycles. The molecule has 0 saturated heterocycles. The molecule has 4 atom stereocenters. The largest absolute Gasteiger partial charge is 0.480 e. The maximum absolute atomic E-state index is 12.7. The lowest BCUT2D eigenvalue weighted by Crippen LogP contribution is -2.56. The van der Waals surface area contributed by atoms with Crippen molar-refractivity contribution >= 4 is 41.4 Å². The molecular formula is C26H39N7O11. The van der Waals surface area contributed by atoms with Gasteiger partial charge in [0.1, 0.15) is 24.2 Å². The summed E-state index contributed by atoms with van der Waals surface area (Å²) in [7, 11) is 2.39. The molecule has 44 heavy (non-hydrogen) atoms. The minimum Gasteiger partial charge on any atom is -0.480 e. The van der Waals surface area contributed by atoms with Crippen LogP contribution in [0.25, 0.3) is 0 Å². The quantitative estimate of drug-likeness (QED) is 0.0737. The van der Waals surface area contributed by atoms with Crippen molar-refractivity contribution in [3.8, 4) is 0 Å². The second-order valence-corrected chi connectivity index (χ2v) is 9.57. The minimum atomic E-state index is -1.53. The number of carboxylic acid groups (broad SMARTS) is 1. The van der Waals surface area contributed by atoms with Crippen LogP contribution in [0.4, 0.5) is 0 Å². The summed E-state index contributed by atoms with van der Waals surface area (Å²) in [6.45, 7) is -4.18. The Balaban J connectivity index is 2.65. The Morgan fingerprint density at radius 2 is 1.36 bits per heavy atom. The van der Waals surface area contributed by atoms with E-state index in [0.29, 0.717) is 5.56 Å². The lowest BCUT2D eigenvalue weighted by Gasteiger charge is -2.27. The van der Waals surface area contributed by atoms with Crippen LogP contribution in [0.5, 0.6) is 0 Å². The number of likely N-dealkylation sites (N-methyl/N-ethyl adjacent to an activating group) is 2. The summed E-state index contributed by atoms with van der Waals surface area (Å²) in [5.74, 6) is -6.48. The Hall–Kier alpha value is -4.65. The Bertz CT molecular complexity index is 1170. The molecule has 0 aliphatic heterocycles. The zero-order valence-corrected chi connectivity index (χ0v) is 24.3. The molecule has 0 radical (unpaired) electrons. The zero-order valence-electron chi connectivity index (χ0n) is 24.3. The third kappa shape index (κ3) is 12.3. The normalized spacial score (nSPS) is 13.3. The highest BCUT2D eigenvalue weighted by Gasteiger charge is 2.31. The monoisotopic (exact) mass is 625 g/mol. The fourth-order valence-corrected chi connectivity index (χ4v) is 3.53. The molecule has 4 unspecified atom stereocenters. The van der Waals surface area contributed by atoms with Gasteiger partial charge in [-0.25, -0.2) is 4.79 Å². The summed E-state index contributed by atoms with van der Waals surface area (Å²) in [4.78, 5) is 87.2. The summed E-state index contributed by atoms with van der Waals surface area (Å²) in [6, 6.07) is 2.86. The molecule has 0 saturated carbocycles. The first-order valence-electron chi connectivity index (χ1n) is 13.2. The maximum atomic E-state index is 12.7. The Morgan fingerprint density at radius 1 is 0.773 bits per heavy atom. The molecule has 0 spiro atoms. The average molecular weight is 626 g/mol. The van der Waals surface area contributed by atoms with Crippen LogP contribution >= 0.6 is 0 Å². The van der Waals surface area contributed by atoms with Gasteiger partial charge in [-0.2, -0.15) is 0 Å². The maximum Gasteiger partial charge on any atom is 0.326 e. The van der Waals surface area contributed by atoms with E-state index in [9.17, 15) is 48.9 Å². The standard InChI is InChI=1S/C26H39N7O11/c1-32(21(38)9-28-23(40)16(27)12-34)11-20(37)30-18(13-35)24(41)29-10-22(39)33(2)19(14-36)25(42)31-17(26(43)44)8-15-6-4-3-5-7-15/h3-7,16-19,34-36H,8-14,27H2,1-2H3,(H,28,40)(H,29,41)(H,30,37)(H,31,42)(H,43,44). The molecule has 18 nitrogen and oxygen atoms in total. The van der Waals surface area contributed by atoms with Crippen LogP contribution in [-0.4, -0.2) is 149 Å². The fraction of sp³-hybridized carbons (Fsp3) is 0.500. The van der Waals surface area contributed by atoms with Crippen molar-refractivity contribution < 1.29 is 54.0 Å². The van der Waals surface area contributed by atoms with Crippen molar-refractivity contribution in [3.63, 3.8) is 0 Å². The molecule has 0 fully saturated rings. The van der Waals surface area contributed by atoms with Gasteiger partial charge < -0.3 is 57.2 Å². The van der Waals surface area contributed by atoms with Crippen molar-refractivity contribution in [2.75, 3.05) is 53.6 Å². The number of aliphatic hydroxyl groups excluding tert-OH is 3. The molecule has 244 valence electrons. The number of carbonyl (C=O) groups excluding carboxylic acids is 6. The summed E-state index contributed by atoms with van der Waals surface area (Å²) in [5, 5.41) is 46.5. The molecule has 1 aromatic rings. The van der Waals surface area contributed by atoms with Crippen LogP contribution in [0.1, 0.15) is 5.56 Å². The number of aliphatic hydroxyl groups is 3. The van der Waals surface area contributed by atoms with Crippen LogP contribution in [0, 0.1) is 0 Å². The van der Waals surface area contributed by atoms with Gasteiger partial charge in [0.15, 0.2) is 0 Å². The summed E-state index contributed by atoms with van der Waals surface area (Å²) in [6.07, 6.45) is -0.0537. The van der Waals surface area contributed by atoms with Gasteiger partial charge in [0, 0.05) is 20.5 Å². The predicted molar refractivity (Wildman–Crippen MR) is 151 cm³/mol. The van der Waals surface area contributed by atoms with Crippen molar-refractivity contribution in [2.24, 2.45) is 5.73 Å². The van der Waals surface area contributed by atoms with E-state index in [1.165, 1.54) is 7.05 Å². The Labute approximate surface area is 252 Å². The molecule has 0 aromatic heterocycles. The van der Waals surface area contributed by atoms with E-state index >= 15 is 0 Å². The van der Waals surface area contributed by atoms with Crippen molar-refractivity contribution in [1.82, 2.24) is 31.1 Å². The molecule has 0 bridgehead atoms. The van der Waals surface area contributed by atoms with E-state index in [4.69, 9.17) is 10.8 Å². The zero-order chi connectivity index (χ0) is 33.4. The number of rotatable bonds is 18. The summed E-state index contributed by atoms with van der Waals surface area (Å²) < 4.78 is 0. The summed E-state index contributed by atoms with van der Waals surface area (Å²) >= 11 is 0. The fourth-order valence-electron chi connectivity index (χ4n) is 3.53. The van der Waals surface area contributed by atoms with Crippen LogP contribution in [0.15, 0.2) is 30.3 Å². The Morgan fingerprint density at radius 3 is 1.91 bits per heavy atom. The number of carboxylic acids is 1. The SMILES string of the molecule is CN(CC(=O)NC(CO)C(=O)NCC(=O)N(C)C(CO)C(=O)NC(Cc1ccccc1)C(=O)O)C(=O)CNC(=O)C(N)CO. The van der Waals surface area contributed by atoms with Gasteiger partial charge in [0.25, 0.3) is 0 Å². The molecule has 1 aromatic carbocycles. The van der Waals surface area contributed by atoms with Gasteiger partial charge in [-0.3, -0.25) is 28.8 Å². The van der Waals surface area contributed by atoms with Crippen LogP contribution in [0.2, 0.25) is 0 Å². The second-order valence-electron chi connectivity index (χ2n) is 9.57. The number of carbonyl (C=O) groups is 7. The molecule has 0 aliphatic rings. The number of benzene rings is 1. The topological polar surface area (TPSA) is 281 Å². The van der Waals surface area contributed by atoms with E-state index in [2.05, 4.69) is 21.3 Å². The number of hydrogen-bond donors (Lipinski definition) is 9. The number of aliphatic carboxylic acids is 1. The molecule has 18 heteroatoms. The van der Waals surface area contributed by atoms with E-state index in [1.54, 1.807) is 30.3 Å². The molecule has 0 heterocycles. The highest BCUT2D eigenvalue weighted by atomic mass is 16.4. The van der Waals surface area contributed by atoms with E-state index < -0.39 is 105 Å². The first-order valence-corrected chi connectivity index (χ1v) is 13.2. The lowest BCUT2D eigenvalue weighted by molar-refractivity contribution is -0.145. The highest BCUT2D eigenvalue weighted by Crippen LogP contribution is 2.05. The van der Waals surface area contributed by atoms with Crippen LogP contribution < -0.4 is 27.0 Å². The van der Waals surface area contributed by atoms with E-state index in [1.807, 2.05) is 0 Å². The molecular weight excluding hydrogens is 586 g/mol. The van der Waals surface area contributed by atoms with Gasteiger partial charge in [0.05, 0.1) is 39.5 Å². The minimum absolute atomic E-state index is 0.0537. The van der Waals surface area contributed by atoms with Gasteiger partial charge in [-0.15, -0.1) is 0 Å². The van der Waals surface area contributed by atoms with Crippen LogP contribution in [0.3, 0.4) is 0 Å². The molecule has 6 amide bonds. The first kappa shape index (κ1) is 37.4. The average Bonchev–Trinajstić information content (AvgIpc) is 3.00. The second kappa shape index (κ2) is 18.8. The van der Waals surface area contributed by atoms with E-state index in [-0.39, 0.29) is 6.42 Å². The number of nitrogens with zero attached hydrogens (tertiary/aromatic N) is 2. The number of hydrogen-bond acceptors (Lipinski definition) is 11.